The first-order valence-corrected chi connectivity index (χ1v) is 3.06. The molecule has 0 aliphatic carbocycles. The van der Waals surface area contributed by atoms with Gasteiger partial charge in [-0.3, -0.25) is 0 Å². The Morgan fingerprint density at radius 1 is 0.889 bits per heavy atom. The summed E-state index contributed by atoms with van der Waals surface area (Å²) in [6, 6.07) is 0. The monoisotopic (exact) mass is 140 g/mol. The van der Waals surface area contributed by atoms with Crippen LogP contribution in [0.1, 0.15) is 0 Å². The SMILES string of the molecule is C=CC=CC=CC=CCl. The third-order valence-corrected chi connectivity index (χ3v) is 0.799. The molecule has 0 aromatic carbocycles. The maximum Gasteiger partial charge on any atom is 0.00424 e. The van der Waals surface area contributed by atoms with Gasteiger partial charge in [-0.2, -0.15) is 0 Å². The lowest BCUT2D eigenvalue weighted by atomic mass is 10.4. The minimum absolute atomic E-state index is 1.46. The van der Waals surface area contributed by atoms with Crippen LogP contribution in [0.15, 0.2) is 48.6 Å². The molecule has 0 aromatic heterocycles. The van der Waals surface area contributed by atoms with Gasteiger partial charge in [-0.1, -0.05) is 54.6 Å². The van der Waals surface area contributed by atoms with Gasteiger partial charge in [0.05, 0.1) is 0 Å². The Hall–Kier alpha value is -0.750. The summed E-state index contributed by atoms with van der Waals surface area (Å²) >= 11 is 5.24. The van der Waals surface area contributed by atoms with E-state index in [0.717, 1.165) is 0 Å². The van der Waals surface area contributed by atoms with Crippen LogP contribution in [0.4, 0.5) is 0 Å². The van der Waals surface area contributed by atoms with Crippen LogP contribution in [-0.4, -0.2) is 0 Å². The minimum Gasteiger partial charge on any atom is -0.0991 e. The van der Waals surface area contributed by atoms with Gasteiger partial charge < -0.3 is 0 Å². The van der Waals surface area contributed by atoms with Crippen LogP contribution < -0.4 is 0 Å². The average molecular weight is 141 g/mol. The van der Waals surface area contributed by atoms with Crippen molar-refractivity contribution in [2.75, 3.05) is 0 Å². The Bertz CT molecular complexity index is 141. The van der Waals surface area contributed by atoms with Crippen molar-refractivity contribution < 1.29 is 0 Å². The van der Waals surface area contributed by atoms with Crippen LogP contribution in [-0.2, 0) is 0 Å². The Kier molecular flexibility index (Phi) is 6.65. The Morgan fingerprint density at radius 3 is 2.00 bits per heavy atom. The predicted molar refractivity (Wildman–Crippen MR) is 43.5 cm³/mol. The lowest BCUT2D eigenvalue weighted by molar-refractivity contribution is 1.90. The second-order valence-corrected chi connectivity index (χ2v) is 1.58. The molecular weight excluding hydrogens is 132 g/mol. The van der Waals surface area contributed by atoms with Crippen LogP contribution in [0.3, 0.4) is 0 Å². The predicted octanol–water partition coefficient (Wildman–Crippen LogP) is 3.04. The third-order valence-electron chi connectivity index (χ3n) is 0.653. The molecule has 0 fully saturated rings. The molecule has 0 aromatic rings. The van der Waals surface area contributed by atoms with E-state index in [1.165, 1.54) is 5.54 Å². The van der Waals surface area contributed by atoms with Gasteiger partial charge in [0.1, 0.15) is 0 Å². The highest BCUT2D eigenvalue weighted by atomic mass is 35.5. The van der Waals surface area contributed by atoms with Crippen LogP contribution in [0.2, 0.25) is 0 Å². The maximum atomic E-state index is 5.24. The molecule has 0 atom stereocenters. The quantitative estimate of drug-likeness (QED) is 0.529. The zero-order chi connectivity index (χ0) is 6.95. The molecule has 0 nitrogen and oxygen atoms in total. The molecule has 0 spiro atoms. The molecule has 9 heavy (non-hydrogen) atoms. The van der Waals surface area contributed by atoms with Crippen molar-refractivity contribution in [3.05, 3.63) is 48.6 Å². The fraction of sp³-hybridized carbons (Fsp3) is 0. The summed E-state index contributed by atoms with van der Waals surface area (Å²) in [6.07, 6.45) is 10.9. The summed E-state index contributed by atoms with van der Waals surface area (Å²) in [5, 5.41) is 0. The number of hydrogen-bond acceptors (Lipinski definition) is 0. The first kappa shape index (κ1) is 8.25. The number of allylic oxidation sites excluding steroid dienone is 6. The van der Waals surface area contributed by atoms with Crippen LogP contribution in [0.5, 0.6) is 0 Å². The van der Waals surface area contributed by atoms with Crippen molar-refractivity contribution in [3.8, 4) is 0 Å². The van der Waals surface area contributed by atoms with Gasteiger partial charge >= 0.3 is 0 Å². The normalized spacial score (nSPS) is 12.1. The van der Waals surface area contributed by atoms with Crippen molar-refractivity contribution in [2.24, 2.45) is 0 Å². The first-order chi connectivity index (χ1) is 4.41. The molecule has 1 heteroatoms. The fourth-order valence-electron chi connectivity index (χ4n) is 0.313. The second kappa shape index (κ2) is 7.25. The molecule has 0 bridgehead atoms. The molecule has 0 heterocycles. The van der Waals surface area contributed by atoms with Crippen LogP contribution in [0, 0.1) is 0 Å². The Morgan fingerprint density at radius 2 is 1.44 bits per heavy atom. The van der Waals surface area contributed by atoms with Crippen LogP contribution >= 0.6 is 11.6 Å². The molecule has 48 valence electrons. The van der Waals surface area contributed by atoms with Gasteiger partial charge in [-0.25, -0.2) is 0 Å². The summed E-state index contributed by atoms with van der Waals surface area (Å²) in [4.78, 5) is 0. The van der Waals surface area contributed by atoms with E-state index in [0.29, 0.717) is 0 Å². The van der Waals surface area contributed by atoms with Crippen molar-refractivity contribution in [2.45, 2.75) is 0 Å². The molecular formula is C8H9Cl. The number of hydrogen-bond donors (Lipinski definition) is 0. The van der Waals surface area contributed by atoms with E-state index in [9.17, 15) is 0 Å². The largest absolute Gasteiger partial charge is 0.0991 e. The molecule has 0 radical (unpaired) electrons. The van der Waals surface area contributed by atoms with Crippen LogP contribution in [0.25, 0.3) is 0 Å². The number of halogens is 1. The zero-order valence-electron chi connectivity index (χ0n) is 5.13. The average Bonchev–Trinajstić information content (AvgIpc) is 1.89. The van der Waals surface area contributed by atoms with E-state index >= 15 is 0 Å². The van der Waals surface area contributed by atoms with E-state index in [4.69, 9.17) is 11.6 Å². The molecule has 0 amide bonds. The lowest BCUT2D eigenvalue weighted by Gasteiger charge is -1.68. The first-order valence-electron chi connectivity index (χ1n) is 2.63. The number of rotatable bonds is 3. The summed E-state index contributed by atoms with van der Waals surface area (Å²) in [5.41, 5.74) is 1.46. The maximum absolute atomic E-state index is 5.24. The summed E-state index contributed by atoms with van der Waals surface area (Å²) < 4.78 is 0. The fourth-order valence-corrected chi connectivity index (χ4v) is 0.397. The van der Waals surface area contributed by atoms with E-state index in [1.54, 1.807) is 12.2 Å². The van der Waals surface area contributed by atoms with Crippen molar-refractivity contribution in [1.29, 1.82) is 0 Å². The van der Waals surface area contributed by atoms with E-state index < -0.39 is 0 Å². The molecule has 0 aliphatic rings. The van der Waals surface area contributed by atoms with Crippen molar-refractivity contribution >= 4 is 11.6 Å². The Labute approximate surface area is 60.8 Å². The summed E-state index contributed by atoms with van der Waals surface area (Å²) in [6.45, 7) is 3.51. The highest BCUT2D eigenvalue weighted by molar-refractivity contribution is 6.25. The topological polar surface area (TPSA) is 0 Å². The van der Waals surface area contributed by atoms with Gasteiger partial charge in [0.2, 0.25) is 0 Å². The van der Waals surface area contributed by atoms with E-state index in [-0.39, 0.29) is 0 Å². The van der Waals surface area contributed by atoms with Gasteiger partial charge in [0.25, 0.3) is 0 Å². The smallest absolute Gasteiger partial charge is 0.00424 e. The second-order valence-electron chi connectivity index (χ2n) is 1.32. The summed E-state index contributed by atoms with van der Waals surface area (Å²) in [5.74, 6) is 0. The molecule has 0 saturated carbocycles. The standard InChI is InChI=1S/C8H9Cl/c1-2-3-4-5-6-7-8-9/h2-8H,1H2. The molecule has 0 N–H and O–H groups in total. The molecule has 0 aliphatic heterocycles. The van der Waals surface area contributed by atoms with Gasteiger partial charge in [-0.05, 0) is 0 Å². The lowest BCUT2D eigenvalue weighted by Crippen LogP contribution is -1.46. The van der Waals surface area contributed by atoms with E-state index in [2.05, 4.69) is 6.58 Å². The molecule has 0 unspecified atom stereocenters. The van der Waals surface area contributed by atoms with Crippen molar-refractivity contribution in [3.63, 3.8) is 0 Å². The highest BCUT2D eigenvalue weighted by Crippen LogP contribution is 1.82. The van der Waals surface area contributed by atoms with Gasteiger partial charge in [0, 0.05) is 5.54 Å². The third kappa shape index (κ3) is 7.25. The zero-order valence-corrected chi connectivity index (χ0v) is 5.88. The van der Waals surface area contributed by atoms with Crippen molar-refractivity contribution in [1.82, 2.24) is 0 Å². The highest BCUT2D eigenvalue weighted by Gasteiger charge is 1.57. The van der Waals surface area contributed by atoms with E-state index in [1.807, 2.05) is 24.3 Å². The molecule has 0 saturated heterocycles. The Balaban J connectivity index is 3.46. The summed E-state index contributed by atoms with van der Waals surface area (Å²) in [7, 11) is 0. The van der Waals surface area contributed by atoms with Gasteiger partial charge in [0.15, 0.2) is 0 Å². The minimum atomic E-state index is 1.46. The van der Waals surface area contributed by atoms with Gasteiger partial charge in [-0.15, -0.1) is 0 Å². The molecule has 0 rings (SSSR count).